The van der Waals surface area contributed by atoms with Gasteiger partial charge in [0, 0.05) is 63.1 Å². The van der Waals surface area contributed by atoms with Crippen LogP contribution in [0.1, 0.15) is 5.56 Å². The summed E-state index contributed by atoms with van der Waals surface area (Å²) in [6.07, 6.45) is 0. The highest BCUT2D eigenvalue weighted by Gasteiger charge is 2.28. The summed E-state index contributed by atoms with van der Waals surface area (Å²) < 4.78 is 0. The molecule has 0 radical (unpaired) electrons. The fraction of sp³-hybridized carbons (Fsp3) is 0.571. The van der Waals surface area contributed by atoms with E-state index in [9.17, 15) is 10.1 Å². The van der Waals surface area contributed by atoms with E-state index in [1.807, 2.05) is 13.0 Å². The number of hydrogen-bond donors (Lipinski definition) is 1. The topological polar surface area (TPSA) is 61.7 Å². The third-order valence-corrected chi connectivity index (χ3v) is 4.32. The number of piperazine rings is 1. The van der Waals surface area contributed by atoms with Crippen molar-refractivity contribution >= 4 is 11.4 Å². The minimum absolute atomic E-state index is 0.172. The van der Waals surface area contributed by atoms with Gasteiger partial charge in [-0.05, 0) is 18.6 Å². The monoisotopic (exact) mass is 276 g/mol. The molecule has 0 unspecified atom stereocenters. The maximum absolute atomic E-state index is 10.8. The smallest absolute Gasteiger partial charge is 0.269 e. The molecule has 2 heterocycles. The van der Waals surface area contributed by atoms with E-state index in [1.54, 1.807) is 12.1 Å². The lowest BCUT2D eigenvalue weighted by Gasteiger charge is -2.44. The van der Waals surface area contributed by atoms with Gasteiger partial charge in [0.2, 0.25) is 0 Å². The minimum atomic E-state index is -0.335. The van der Waals surface area contributed by atoms with E-state index < -0.39 is 0 Å². The summed E-state index contributed by atoms with van der Waals surface area (Å²) in [7, 11) is 0. The molecule has 108 valence electrons. The fourth-order valence-corrected chi connectivity index (χ4v) is 2.97. The van der Waals surface area contributed by atoms with Gasteiger partial charge in [0.15, 0.2) is 0 Å². The van der Waals surface area contributed by atoms with Gasteiger partial charge in [-0.3, -0.25) is 15.0 Å². The zero-order valence-electron chi connectivity index (χ0n) is 11.7. The zero-order valence-corrected chi connectivity index (χ0v) is 11.7. The molecule has 2 fully saturated rings. The molecule has 2 aliphatic heterocycles. The van der Waals surface area contributed by atoms with Crippen LogP contribution in [-0.2, 0) is 0 Å². The summed E-state index contributed by atoms with van der Waals surface area (Å²) in [4.78, 5) is 15.3. The molecule has 0 atom stereocenters. The highest BCUT2D eigenvalue weighted by molar-refractivity contribution is 5.57. The number of benzene rings is 1. The Bertz CT molecular complexity index is 508. The Kier molecular flexibility index (Phi) is 3.58. The van der Waals surface area contributed by atoms with Crippen LogP contribution in [0.3, 0.4) is 0 Å². The second-order valence-corrected chi connectivity index (χ2v) is 5.56. The van der Waals surface area contributed by atoms with Crippen molar-refractivity contribution in [1.82, 2.24) is 10.2 Å². The third kappa shape index (κ3) is 2.48. The first-order valence-corrected chi connectivity index (χ1v) is 7.10. The fourth-order valence-electron chi connectivity index (χ4n) is 2.97. The summed E-state index contributed by atoms with van der Waals surface area (Å²) >= 11 is 0. The number of nitro benzene ring substituents is 1. The Morgan fingerprint density at radius 3 is 2.45 bits per heavy atom. The van der Waals surface area contributed by atoms with Crippen molar-refractivity contribution < 1.29 is 4.92 Å². The van der Waals surface area contributed by atoms with Gasteiger partial charge in [-0.15, -0.1) is 0 Å². The van der Waals surface area contributed by atoms with Crippen molar-refractivity contribution in [1.29, 1.82) is 0 Å². The molecule has 2 aliphatic rings. The number of nitrogens with zero attached hydrogens (tertiary/aromatic N) is 3. The molecule has 0 aliphatic carbocycles. The van der Waals surface area contributed by atoms with Crippen LogP contribution < -0.4 is 10.2 Å². The van der Waals surface area contributed by atoms with Crippen molar-refractivity contribution in [2.75, 3.05) is 44.2 Å². The third-order valence-electron chi connectivity index (χ3n) is 4.32. The van der Waals surface area contributed by atoms with Crippen molar-refractivity contribution in [2.24, 2.45) is 0 Å². The predicted octanol–water partition coefficient (Wildman–Crippen LogP) is 0.997. The molecule has 0 saturated carbocycles. The van der Waals surface area contributed by atoms with Crippen LogP contribution in [0.15, 0.2) is 18.2 Å². The number of non-ortho nitro benzene ring substituents is 1. The molecular formula is C14H20N4O2. The summed E-state index contributed by atoms with van der Waals surface area (Å²) in [5, 5.41) is 14.1. The molecular weight excluding hydrogens is 256 g/mol. The van der Waals surface area contributed by atoms with Crippen molar-refractivity contribution in [3.05, 3.63) is 33.9 Å². The Morgan fingerprint density at radius 1 is 1.25 bits per heavy atom. The first kappa shape index (κ1) is 13.3. The highest BCUT2D eigenvalue weighted by Crippen LogP contribution is 2.26. The molecule has 1 aromatic rings. The maximum atomic E-state index is 10.8. The van der Waals surface area contributed by atoms with Crippen molar-refractivity contribution in [2.45, 2.75) is 13.0 Å². The average Bonchev–Trinajstić information content (AvgIpc) is 2.37. The Balaban J connectivity index is 1.66. The average molecular weight is 276 g/mol. The number of nitro groups is 1. The lowest BCUT2D eigenvalue weighted by Crippen LogP contribution is -2.61. The van der Waals surface area contributed by atoms with Crippen LogP contribution in [0, 0.1) is 17.0 Å². The first-order chi connectivity index (χ1) is 9.65. The predicted molar refractivity (Wildman–Crippen MR) is 78.3 cm³/mol. The van der Waals surface area contributed by atoms with E-state index >= 15 is 0 Å². The number of nitrogens with one attached hydrogen (secondary N) is 1. The van der Waals surface area contributed by atoms with Crippen LogP contribution in [0.25, 0.3) is 0 Å². The largest absolute Gasteiger partial charge is 0.369 e. The summed E-state index contributed by atoms with van der Waals surface area (Å²) in [5.74, 6) is 0. The van der Waals surface area contributed by atoms with Crippen LogP contribution in [0.2, 0.25) is 0 Å². The van der Waals surface area contributed by atoms with E-state index in [4.69, 9.17) is 0 Å². The Hall–Kier alpha value is -1.66. The summed E-state index contributed by atoms with van der Waals surface area (Å²) in [5.41, 5.74) is 2.28. The standard InChI is InChI=1S/C14H20N4O2/c1-11-8-12(18(19)20)2-3-14(11)17-6-4-16(5-7-17)13-9-15-10-13/h2-3,8,13,15H,4-7,9-10H2,1H3. The van der Waals surface area contributed by atoms with Gasteiger partial charge in [0.05, 0.1) is 4.92 Å². The molecule has 1 N–H and O–H groups in total. The van der Waals surface area contributed by atoms with E-state index in [1.165, 1.54) is 0 Å². The van der Waals surface area contributed by atoms with Crippen LogP contribution >= 0.6 is 0 Å². The molecule has 1 aromatic carbocycles. The van der Waals surface area contributed by atoms with Crippen LogP contribution in [0.4, 0.5) is 11.4 Å². The lowest BCUT2D eigenvalue weighted by atomic mass is 10.1. The van der Waals surface area contributed by atoms with E-state index in [0.29, 0.717) is 6.04 Å². The SMILES string of the molecule is Cc1cc([N+](=O)[O-])ccc1N1CCN(C2CNC2)CC1. The van der Waals surface area contributed by atoms with E-state index in [2.05, 4.69) is 15.1 Å². The molecule has 0 aromatic heterocycles. The van der Waals surface area contributed by atoms with Gasteiger partial charge in [-0.2, -0.15) is 0 Å². The minimum Gasteiger partial charge on any atom is -0.369 e. The highest BCUT2D eigenvalue weighted by atomic mass is 16.6. The molecule has 3 rings (SSSR count). The number of aryl methyl sites for hydroxylation is 1. The van der Waals surface area contributed by atoms with Crippen molar-refractivity contribution in [3.63, 3.8) is 0 Å². The normalized spacial score (nSPS) is 20.8. The van der Waals surface area contributed by atoms with Gasteiger partial charge in [0.25, 0.3) is 5.69 Å². The molecule has 6 nitrogen and oxygen atoms in total. The van der Waals surface area contributed by atoms with Gasteiger partial charge >= 0.3 is 0 Å². The van der Waals surface area contributed by atoms with E-state index in [-0.39, 0.29) is 10.6 Å². The lowest BCUT2D eigenvalue weighted by molar-refractivity contribution is -0.384. The number of hydrogen-bond acceptors (Lipinski definition) is 5. The quantitative estimate of drug-likeness (QED) is 0.659. The van der Waals surface area contributed by atoms with E-state index in [0.717, 1.165) is 50.5 Å². The molecule has 0 bridgehead atoms. The van der Waals surface area contributed by atoms with Crippen LogP contribution in [-0.4, -0.2) is 55.1 Å². The second-order valence-electron chi connectivity index (χ2n) is 5.56. The van der Waals surface area contributed by atoms with Gasteiger partial charge in [-0.1, -0.05) is 0 Å². The molecule has 2 saturated heterocycles. The number of rotatable bonds is 3. The summed E-state index contributed by atoms with van der Waals surface area (Å²) in [6, 6.07) is 5.85. The molecule has 0 amide bonds. The number of anilines is 1. The van der Waals surface area contributed by atoms with Crippen molar-refractivity contribution in [3.8, 4) is 0 Å². The van der Waals surface area contributed by atoms with Gasteiger partial charge in [0.1, 0.15) is 0 Å². The molecule has 0 spiro atoms. The zero-order chi connectivity index (χ0) is 14.1. The van der Waals surface area contributed by atoms with Crippen LogP contribution in [0.5, 0.6) is 0 Å². The molecule has 6 heteroatoms. The first-order valence-electron chi connectivity index (χ1n) is 7.10. The second kappa shape index (κ2) is 5.38. The molecule has 20 heavy (non-hydrogen) atoms. The Morgan fingerprint density at radius 2 is 1.95 bits per heavy atom. The summed E-state index contributed by atoms with van der Waals surface area (Å²) in [6.45, 7) is 8.30. The maximum Gasteiger partial charge on any atom is 0.269 e. The Labute approximate surface area is 118 Å². The van der Waals surface area contributed by atoms with Gasteiger partial charge in [-0.25, -0.2) is 0 Å². The van der Waals surface area contributed by atoms with Gasteiger partial charge < -0.3 is 10.2 Å².